The molecule has 74 valence electrons. The van der Waals surface area contributed by atoms with Crippen LogP contribution in [-0.4, -0.2) is 18.2 Å². The standard InChI is InChI=1S/C10H9ClO3/c1-14-10(13)5-3-7-2-4-9(12)8(11)6-7/h2-6,12H,1H3. The third-order valence-electron chi connectivity index (χ3n) is 1.58. The number of carbonyl (C=O) groups excluding carboxylic acids is 1. The molecule has 3 nitrogen and oxygen atoms in total. The smallest absolute Gasteiger partial charge is 0.330 e. The summed E-state index contributed by atoms with van der Waals surface area (Å²) in [6.45, 7) is 0. The fourth-order valence-electron chi connectivity index (χ4n) is 0.859. The predicted molar refractivity (Wildman–Crippen MR) is 54.2 cm³/mol. The zero-order valence-electron chi connectivity index (χ0n) is 7.53. The van der Waals surface area contributed by atoms with E-state index in [0.29, 0.717) is 0 Å². The first-order valence-electron chi connectivity index (χ1n) is 3.88. The SMILES string of the molecule is COC(=O)C=Cc1ccc(O)c(Cl)c1. The molecule has 0 aliphatic rings. The molecule has 0 saturated carbocycles. The van der Waals surface area contributed by atoms with Gasteiger partial charge in [-0.3, -0.25) is 0 Å². The minimum atomic E-state index is -0.436. The molecule has 0 aliphatic carbocycles. The Morgan fingerprint density at radius 1 is 1.57 bits per heavy atom. The molecule has 1 aromatic rings. The number of phenols is 1. The van der Waals surface area contributed by atoms with E-state index < -0.39 is 5.97 Å². The molecule has 4 heteroatoms. The van der Waals surface area contributed by atoms with Gasteiger partial charge in [0.05, 0.1) is 12.1 Å². The molecule has 1 aromatic carbocycles. The Balaban J connectivity index is 2.83. The summed E-state index contributed by atoms with van der Waals surface area (Å²) in [6.07, 6.45) is 2.83. The molecule has 0 aliphatic heterocycles. The Bertz CT molecular complexity index is 372. The Morgan fingerprint density at radius 2 is 2.29 bits per heavy atom. The van der Waals surface area contributed by atoms with E-state index in [4.69, 9.17) is 16.7 Å². The quantitative estimate of drug-likeness (QED) is 0.604. The maximum absolute atomic E-state index is 10.7. The number of methoxy groups -OCH3 is 1. The van der Waals surface area contributed by atoms with Crippen LogP contribution in [0.1, 0.15) is 5.56 Å². The largest absolute Gasteiger partial charge is 0.506 e. The summed E-state index contributed by atoms with van der Waals surface area (Å²) in [6, 6.07) is 4.65. The summed E-state index contributed by atoms with van der Waals surface area (Å²) in [5.74, 6) is -0.420. The van der Waals surface area contributed by atoms with Crippen LogP contribution in [0.3, 0.4) is 0 Å². The van der Waals surface area contributed by atoms with Gasteiger partial charge < -0.3 is 9.84 Å². The minimum absolute atomic E-state index is 0.0156. The van der Waals surface area contributed by atoms with Crippen LogP contribution in [0.4, 0.5) is 0 Å². The van der Waals surface area contributed by atoms with Gasteiger partial charge in [-0.25, -0.2) is 4.79 Å². The van der Waals surface area contributed by atoms with E-state index in [1.54, 1.807) is 18.2 Å². The number of ether oxygens (including phenoxy) is 1. The van der Waals surface area contributed by atoms with Crippen molar-refractivity contribution >= 4 is 23.6 Å². The molecule has 0 aromatic heterocycles. The summed E-state index contributed by atoms with van der Waals surface area (Å²) in [5, 5.41) is 9.37. The second-order valence-corrected chi connectivity index (χ2v) is 2.97. The number of esters is 1. The topological polar surface area (TPSA) is 46.5 Å². The van der Waals surface area contributed by atoms with Crippen molar-refractivity contribution in [3.8, 4) is 5.75 Å². The van der Waals surface area contributed by atoms with Gasteiger partial charge in [0.15, 0.2) is 0 Å². The van der Waals surface area contributed by atoms with Gasteiger partial charge in [0.1, 0.15) is 5.75 Å². The van der Waals surface area contributed by atoms with Crippen molar-refractivity contribution in [2.75, 3.05) is 7.11 Å². The van der Waals surface area contributed by atoms with Gasteiger partial charge >= 0.3 is 5.97 Å². The normalized spacial score (nSPS) is 10.4. The Labute approximate surface area is 86.6 Å². The number of rotatable bonds is 2. The summed E-state index contributed by atoms with van der Waals surface area (Å²) in [4.78, 5) is 10.7. The van der Waals surface area contributed by atoms with Crippen LogP contribution in [0.15, 0.2) is 24.3 Å². The van der Waals surface area contributed by atoms with Crippen molar-refractivity contribution < 1.29 is 14.6 Å². The molecular weight excluding hydrogens is 204 g/mol. The van der Waals surface area contributed by atoms with Gasteiger partial charge in [-0.1, -0.05) is 17.7 Å². The number of carbonyl (C=O) groups is 1. The molecule has 1 N–H and O–H groups in total. The highest BCUT2D eigenvalue weighted by molar-refractivity contribution is 6.32. The van der Waals surface area contributed by atoms with E-state index in [9.17, 15) is 4.79 Å². The van der Waals surface area contributed by atoms with Gasteiger partial charge in [-0.15, -0.1) is 0 Å². The Kier molecular flexibility index (Phi) is 3.54. The third kappa shape index (κ3) is 2.78. The molecular formula is C10H9ClO3. The Morgan fingerprint density at radius 3 is 2.86 bits per heavy atom. The van der Waals surface area contributed by atoms with Crippen LogP contribution in [0.25, 0.3) is 6.08 Å². The maximum Gasteiger partial charge on any atom is 0.330 e. The van der Waals surface area contributed by atoms with E-state index in [1.807, 2.05) is 0 Å². The lowest BCUT2D eigenvalue weighted by molar-refractivity contribution is -0.134. The molecule has 0 spiro atoms. The summed E-state index contributed by atoms with van der Waals surface area (Å²) >= 11 is 5.66. The van der Waals surface area contributed by atoms with Crippen LogP contribution in [0.5, 0.6) is 5.75 Å². The van der Waals surface area contributed by atoms with Crippen molar-refractivity contribution in [3.63, 3.8) is 0 Å². The highest BCUT2D eigenvalue weighted by Gasteiger charge is 1.98. The first kappa shape index (κ1) is 10.6. The fraction of sp³-hybridized carbons (Fsp3) is 0.100. The van der Waals surface area contributed by atoms with Crippen LogP contribution in [-0.2, 0) is 9.53 Å². The van der Waals surface area contributed by atoms with Crippen molar-refractivity contribution in [2.45, 2.75) is 0 Å². The zero-order valence-corrected chi connectivity index (χ0v) is 8.28. The van der Waals surface area contributed by atoms with E-state index in [1.165, 1.54) is 19.3 Å². The third-order valence-corrected chi connectivity index (χ3v) is 1.89. The number of phenolic OH excluding ortho intramolecular Hbond substituents is 1. The van der Waals surface area contributed by atoms with E-state index >= 15 is 0 Å². The van der Waals surface area contributed by atoms with Crippen molar-refractivity contribution in [1.29, 1.82) is 0 Å². The molecule has 1 rings (SSSR count). The lowest BCUT2D eigenvalue weighted by atomic mass is 10.2. The first-order chi connectivity index (χ1) is 6.63. The number of halogens is 1. The van der Waals surface area contributed by atoms with Crippen LogP contribution in [0, 0.1) is 0 Å². The van der Waals surface area contributed by atoms with E-state index in [0.717, 1.165) is 5.56 Å². The molecule has 0 amide bonds. The maximum atomic E-state index is 10.7. The summed E-state index contributed by atoms with van der Waals surface area (Å²) in [5.41, 5.74) is 0.721. The molecule has 0 saturated heterocycles. The highest BCUT2D eigenvalue weighted by atomic mass is 35.5. The van der Waals surface area contributed by atoms with Gasteiger partial charge in [0.2, 0.25) is 0 Å². The predicted octanol–water partition coefficient (Wildman–Crippen LogP) is 2.23. The second kappa shape index (κ2) is 4.67. The number of aromatic hydroxyl groups is 1. The van der Waals surface area contributed by atoms with E-state index in [-0.39, 0.29) is 10.8 Å². The average Bonchev–Trinajstić information content (AvgIpc) is 2.19. The molecule has 14 heavy (non-hydrogen) atoms. The van der Waals surface area contributed by atoms with Gasteiger partial charge in [0.25, 0.3) is 0 Å². The summed E-state index contributed by atoms with van der Waals surface area (Å²) in [7, 11) is 1.30. The molecule has 0 bridgehead atoms. The zero-order chi connectivity index (χ0) is 10.6. The first-order valence-corrected chi connectivity index (χ1v) is 4.26. The van der Waals surface area contributed by atoms with Crippen LogP contribution >= 0.6 is 11.6 Å². The molecule has 0 fully saturated rings. The van der Waals surface area contributed by atoms with Gasteiger partial charge in [0, 0.05) is 6.08 Å². The Hall–Kier alpha value is -1.48. The minimum Gasteiger partial charge on any atom is -0.506 e. The van der Waals surface area contributed by atoms with Gasteiger partial charge in [-0.05, 0) is 23.8 Å². The number of hydrogen-bond donors (Lipinski definition) is 1. The van der Waals surface area contributed by atoms with Gasteiger partial charge in [-0.2, -0.15) is 0 Å². The molecule has 0 radical (unpaired) electrons. The lowest BCUT2D eigenvalue weighted by Gasteiger charge is -1.97. The number of benzene rings is 1. The molecule has 0 atom stereocenters. The lowest BCUT2D eigenvalue weighted by Crippen LogP contribution is -1.93. The van der Waals surface area contributed by atoms with Crippen LogP contribution < -0.4 is 0 Å². The highest BCUT2D eigenvalue weighted by Crippen LogP contribution is 2.23. The van der Waals surface area contributed by atoms with E-state index in [2.05, 4.69) is 4.74 Å². The molecule has 0 unspecified atom stereocenters. The monoisotopic (exact) mass is 212 g/mol. The summed E-state index contributed by atoms with van der Waals surface area (Å²) < 4.78 is 4.42. The fourth-order valence-corrected chi connectivity index (χ4v) is 1.05. The van der Waals surface area contributed by atoms with Crippen LogP contribution in [0.2, 0.25) is 5.02 Å². The second-order valence-electron chi connectivity index (χ2n) is 2.57. The molecule has 0 heterocycles. The van der Waals surface area contributed by atoms with Crippen molar-refractivity contribution in [3.05, 3.63) is 34.9 Å². The van der Waals surface area contributed by atoms with Crippen molar-refractivity contribution in [2.24, 2.45) is 0 Å². The number of hydrogen-bond acceptors (Lipinski definition) is 3. The van der Waals surface area contributed by atoms with Crippen molar-refractivity contribution in [1.82, 2.24) is 0 Å². The average molecular weight is 213 g/mol.